The summed E-state index contributed by atoms with van der Waals surface area (Å²) in [7, 11) is 0. The van der Waals surface area contributed by atoms with Gasteiger partial charge in [0.15, 0.2) is 0 Å². The molecule has 2 rings (SSSR count). The normalized spacial score (nSPS) is 19.7. The van der Waals surface area contributed by atoms with E-state index in [0.717, 1.165) is 18.5 Å². The molecule has 1 aromatic rings. The summed E-state index contributed by atoms with van der Waals surface area (Å²) >= 11 is 0. The van der Waals surface area contributed by atoms with Crippen LogP contribution in [0.4, 0.5) is 5.69 Å². The smallest absolute Gasteiger partial charge is 0.249 e. The van der Waals surface area contributed by atoms with E-state index in [-0.39, 0.29) is 11.8 Å². The highest BCUT2D eigenvalue weighted by Gasteiger charge is 2.30. The molecule has 1 aliphatic rings. The maximum atomic E-state index is 12.6. The summed E-state index contributed by atoms with van der Waals surface area (Å²) in [5.41, 5.74) is 2.13. The van der Waals surface area contributed by atoms with Crippen LogP contribution < -0.4 is 10.2 Å². The molecule has 0 bridgehead atoms. The van der Waals surface area contributed by atoms with E-state index >= 15 is 0 Å². The van der Waals surface area contributed by atoms with Crippen molar-refractivity contribution < 1.29 is 9.59 Å². The second-order valence-electron chi connectivity index (χ2n) is 5.15. The summed E-state index contributed by atoms with van der Waals surface area (Å²) in [6.45, 7) is 4.51. The fraction of sp³-hybridized carbons (Fsp3) is 0.500. The van der Waals surface area contributed by atoms with E-state index in [4.69, 9.17) is 0 Å². The van der Waals surface area contributed by atoms with Gasteiger partial charge in [0, 0.05) is 18.7 Å². The van der Waals surface area contributed by atoms with Crippen molar-refractivity contribution in [1.82, 2.24) is 5.32 Å². The van der Waals surface area contributed by atoms with Crippen LogP contribution in [0.3, 0.4) is 0 Å². The maximum Gasteiger partial charge on any atom is 0.249 e. The first-order valence-corrected chi connectivity index (χ1v) is 7.36. The molecule has 0 aromatic heterocycles. The van der Waals surface area contributed by atoms with Crippen LogP contribution in [-0.4, -0.2) is 24.4 Å². The second kappa shape index (κ2) is 6.55. The molecular formula is C16H22N2O2. The van der Waals surface area contributed by atoms with Crippen molar-refractivity contribution in [3.05, 3.63) is 29.8 Å². The van der Waals surface area contributed by atoms with Crippen molar-refractivity contribution in [2.45, 2.75) is 45.6 Å². The van der Waals surface area contributed by atoms with Crippen LogP contribution in [-0.2, 0) is 16.0 Å². The lowest BCUT2D eigenvalue weighted by molar-refractivity contribution is -0.125. The molecule has 1 heterocycles. The van der Waals surface area contributed by atoms with Crippen molar-refractivity contribution in [2.75, 3.05) is 11.4 Å². The lowest BCUT2D eigenvalue weighted by Gasteiger charge is -2.25. The number of nitrogens with zero attached hydrogens (tertiary/aromatic N) is 1. The fourth-order valence-corrected chi connectivity index (χ4v) is 2.61. The standard InChI is InChI=1S/C16H22N2O2/c1-3-7-12-8-5-6-9-14(12)18-11-10-15(19)17-13(4-2)16(18)20/h5-6,8-9,13H,3-4,7,10-11H2,1-2H3,(H,17,19). The Labute approximate surface area is 120 Å². The molecule has 108 valence electrons. The van der Waals surface area contributed by atoms with Gasteiger partial charge in [0.2, 0.25) is 11.8 Å². The number of nitrogens with one attached hydrogen (secondary N) is 1. The van der Waals surface area contributed by atoms with Crippen molar-refractivity contribution in [3.8, 4) is 0 Å². The summed E-state index contributed by atoms with van der Waals surface area (Å²) < 4.78 is 0. The van der Waals surface area contributed by atoms with Gasteiger partial charge in [-0.25, -0.2) is 0 Å². The molecule has 20 heavy (non-hydrogen) atoms. The first-order chi connectivity index (χ1) is 9.67. The fourth-order valence-electron chi connectivity index (χ4n) is 2.61. The Morgan fingerprint density at radius 1 is 1.25 bits per heavy atom. The van der Waals surface area contributed by atoms with Gasteiger partial charge >= 0.3 is 0 Å². The van der Waals surface area contributed by atoms with Crippen LogP contribution >= 0.6 is 0 Å². The summed E-state index contributed by atoms with van der Waals surface area (Å²) in [5, 5.41) is 2.80. The number of anilines is 1. The molecule has 1 saturated heterocycles. The van der Waals surface area contributed by atoms with Crippen molar-refractivity contribution in [3.63, 3.8) is 0 Å². The number of benzene rings is 1. The Bertz CT molecular complexity index is 499. The molecule has 1 aromatic carbocycles. The topological polar surface area (TPSA) is 49.4 Å². The van der Waals surface area contributed by atoms with Gasteiger partial charge in [0.25, 0.3) is 0 Å². The molecule has 0 spiro atoms. The first-order valence-electron chi connectivity index (χ1n) is 7.36. The zero-order chi connectivity index (χ0) is 14.5. The number of hydrogen-bond donors (Lipinski definition) is 1. The Morgan fingerprint density at radius 3 is 2.70 bits per heavy atom. The molecule has 1 atom stereocenters. The highest BCUT2D eigenvalue weighted by molar-refractivity contribution is 6.01. The van der Waals surface area contributed by atoms with E-state index in [0.29, 0.717) is 19.4 Å². The highest BCUT2D eigenvalue weighted by Crippen LogP contribution is 2.24. The van der Waals surface area contributed by atoms with Crippen molar-refractivity contribution in [1.29, 1.82) is 0 Å². The molecule has 1 N–H and O–H groups in total. The first kappa shape index (κ1) is 14.6. The molecule has 1 fully saturated rings. The van der Waals surface area contributed by atoms with E-state index in [1.54, 1.807) is 4.90 Å². The third-order valence-electron chi connectivity index (χ3n) is 3.67. The van der Waals surface area contributed by atoms with Gasteiger partial charge in [-0.15, -0.1) is 0 Å². The highest BCUT2D eigenvalue weighted by atomic mass is 16.2. The number of carbonyl (C=O) groups excluding carboxylic acids is 2. The van der Waals surface area contributed by atoms with Gasteiger partial charge in [-0.05, 0) is 24.5 Å². The number of aryl methyl sites for hydroxylation is 1. The Morgan fingerprint density at radius 2 is 2.00 bits per heavy atom. The minimum absolute atomic E-state index is 0.00176. The monoisotopic (exact) mass is 274 g/mol. The average molecular weight is 274 g/mol. The molecule has 4 heteroatoms. The number of para-hydroxylation sites is 1. The van der Waals surface area contributed by atoms with Gasteiger partial charge < -0.3 is 10.2 Å². The van der Waals surface area contributed by atoms with Gasteiger partial charge in [0.1, 0.15) is 6.04 Å². The lowest BCUT2D eigenvalue weighted by Crippen LogP contribution is -2.44. The number of hydrogen-bond acceptors (Lipinski definition) is 2. The molecule has 2 amide bonds. The van der Waals surface area contributed by atoms with E-state index in [9.17, 15) is 9.59 Å². The predicted octanol–water partition coefficient (Wildman–Crippen LogP) is 2.27. The third kappa shape index (κ3) is 3.00. The summed E-state index contributed by atoms with van der Waals surface area (Å²) in [5.74, 6) is -0.0393. The molecular weight excluding hydrogens is 252 g/mol. The van der Waals surface area contributed by atoms with E-state index in [1.165, 1.54) is 5.56 Å². The second-order valence-corrected chi connectivity index (χ2v) is 5.15. The van der Waals surface area contributed by atoms with Gasteiger partial charge in [-0.1, -0.05) is 38.5 Å². The largest absolute Gasteiger partial charge is 0.344 e. The van der Waals surface area contributed by atoms with Crippen LogP contribution in [0.15, 0.2) is 24.3 Å². The van der Waals surface area contributed by atoms with E-state index in [2.05, 4.69) is 18.3 Å². The Balaban J connectivity index is 2.34. The predicted molar refractivity (Wildman–Crippen MR) is 79.6 cm³/mol. The molecule has 1 unspecified atom stereocenters. The Hall–Kier alpha value is -1.84. The lowest BCUT2D eigenvalue weighted by atomic mass is 10.1. The van der Waals surface area contributed by atoms with Crippen LogP contribution in [0.1, 0.15) is 38.7 Å². The molecule has 0 radical (unpaired) electrons. The SMILES string of the molecule is CCCc1ccccc1N1CCC(=O)NC(CC)C1=O. The van der Waals surface area contributed by atoms with Crippen LogP contribution in [0, 0.1) is 0 Å². The van der Waals surface area contributed by atoms with Crippen LogP contribution in [0.25, 0.3) is 0 Å². The summed E-state index contributed by atoms with van der Waals surface area (Å²) in [6.07, 6.45) is 2.96. The zero-order valence-corrected chi connectivity index (χ0v) is 12.2. The molecule has 0 saturated carbocycles. The van der Waals surface area contributed by atoms with E-state index < -0.39 is 6.04 Å². The number of rotatable bonds is 4. The van der Waals surface area contributed by atoms with Gasteiger partial charge in [-0.2, -0.15) is 0 Å². The minimum Gasteiger partial charge on any atom is -0.344 e. The number of carbonyl (C=O) groups is 2. The molecule has 1 aliphatic heterocycles. The van der Waals surface area contributed by atoms with Gasteiger partial charge in [0.05, 0.1) is 0 Å². The van der Waals surface area contributed by atoms with Crippen molar-refractivity contribution >= 4 is 17.5 Å². The molecule has 0 aliphatic carbocycles. The quantitative estimate of drug-likeness (QED) is 0.915. The summed E-state index contributed by atoms with van der Waals surface area (Å²) in [6, 6.07) is 7.58. The van der Waals surface area contributed by atoms with Crippen LogP contribution in [0.5, 0.6) is 0 Å². The minimum atomic E-state index is -0.403. The Kier molecular flexibility index (Phi) is 4.77. The molecule has 4 nitrogen and oxygen atoms in total. The van der Waals surface area contributed by atoms with Crippen molar-refractivity contribution in [2.24, 2.45) is 0 Å². The maximum absolute atomic E-state index is 12.6. The number of amides is 2. The van der Waals surface area contributed by atoms with Crippen LogP contribution in [0.2, 0.25) is 0 Å². The third-order valence-corrected chi connectivity index (χ3v) is 3.67. The zero-order valence-electron chi connectivity index (χ0n) is 12.2. The van der Waals surface area contributed by atoms with Gasteiger partial charge in [-0.3, -0.25) is 9.59 Å². The summed E-state index contributed by atoms with van der Waals surface area (Å²) in [4.78, 5) is 26.1. The van der Waals surface area contributed by atoms with E-state index in [1.807, 2.05) is 25.1 Å². The average Bonchev–Trinajstić information content (AvgIpc) is 2.59.